The molecule has 1 N–H and O–H groups in total. The second kappa shape index (κ2) is 3.20. The van der Waals surface area contributed by atoms with Crippen LogP contribution in [-0.2, 0) is 6.54 Å². The van der Waals surface area contributed by atoms with Gasteiger partial charge < -0.3 is 5.11 Å². The lowest BCUT2D eigenvalue weighted by molar-refractivity contribution is -0.697. The molecule has 0 saturated carbocycles. The van der Waals surface area contributed by atoms with E-state index in [2.05, 4.69) is 6.92 Å². The Balaban J connectivity index is 2.69. The van der Waals surface area contributed by atoms with Gasteiger partial charge in [0, 0.05) is 18.6 Å². The van der Waals surface area contributed by atoms with Crippen LogP contribution in [0, 0.1) is 0 Å². The molecule has 54 valence electrons. The molecular formula is C8H12NO+. The molecule has 2 heteroatoms. The fourth-order valence-corrected chi connectivity index (χ4v) is 0.857. The molecule has 0 fully saturated rings. The Bertz CT molecular complexity index is 193. The maximum absolute atomic E-state index is 8.91. The largest absolute Gasteiger partial charge is 0.507 e. The summed E-state index contributed by atoms with van der Waals surface area (Å²) in [6, 6.07) is 3.38. The van der Waals surface area contributed by atoms with Crippen LogP contribution in [0.1, 0.15) is 13.3 Å². The van der Waals surface area contributed by atoms with Crippen LogP contribution in [0.25, 0.3) is 0 Å². The Morgan fingerprint density at radius 1 is 1.40 bits per heavy atom. The Hall–Kier alpha value is -1.05. The summed E-state index contributed by atoms with van der Waals surface area (Å²) in [6.45, 7) is 3.14. The van der Waals surface area contributed by atoms with Gasteiger partial charge in [0.05, 0.1) is 0 Å². The van der Waals surface area contributed by atoms with Crippen LogP contribution in [-0.4, -0.2) is 5.11 Å². The number of hydrogen-bond donors (Lipinski definition) is 1. The molecule has 10 heavy (non-hydrogen) atoms. The zero-order valence-electron chi connectivity index (χ0n) is 6.12. The van der Waals surface area contributed by atoms with Gasteiger partial charge in [0.1, 0.15) is 12.3 Å². The quantitative estimate of drug-likeness (QED) is 0.608. The van der Waals surface area contributed by atoms with Crippen molar-refractivity contribution in [1.29, 1.82) is 0 Å². The van der Waals surface area contributed by atoms with Crippen molar-refractivity contribution in [3.63, 3.8) is 0 Å². The number of nitrogens with zero attached hydrogens (tertiary/aromatic N) is 1. The van der Waals surface area contributed by atoms with Crippen molar-refractivity contribution in [1.82, 2.24) is 0 Å². The van der Waals surface area contributed by atoms with E-state index in [9.17, 15) is 0 Å². The molecule has 0 amide bonds. The third-order valence-corrected chi connectivity index (χ3v) is 1.36. The van der Waals surface area contributed by atoms with E-state index in [0.717, 1.165) is 13.0 Å². The highest BCUT2D eigenvalue weighted by Gasteiger charge is 1.95. The van der Waals surface area contributed by atoms with Gasteiger partial charge >= 0.3 is 0 Å². The van der Waals surface area contributed by atoms with Crippen LogP contribution in [0.3, 0.4) is 0 Å². The summed E-state index contributed by atoms with van der Waals surface area (Å²) in [5.41, 5.74) is 0. The molecule has 1 aromatic heterocycles. The molecule has 0 atom stereocenters. The van der Waals surface area contributed by atoms with Gasteiger partial charge in [-0.2, -0.15) is 0 Å². The second-order valence-corrected chi connectivity index (χ2v) is 2.29. The number of aromatic hydroxyl groups is 1. The van der Waals surface area contributed by atoms with Crippen molar-refractivity contribution in [3.05, 3.63) is 24.5 Å². The highest BCUT2D eigenvalue weighted by molar-refractivity contribution is 5.11. The van der Waals surface area contributed by atoms with Crippen LogP contribution in [0.4, 0.5) is 0 Å². The lowest BCUT2D eigenvalue weighted by Gasteiger charge is -1.91. The van der Waals surface area contributed by atoms with E-state index in [1.807, 2.05) is 17.0 Å². The van der Waals surface area contributed by atoms with Crippen molar-refractivity contribution in [2.24, 2.45) is 0 Å². The van der Waals surface area contributed by atoms with Gasteiger partial charge in [-0.15, -0.1) is 0 Å². The van der Waals surface area contributed by atoms with Gasteiger partial charge in [0.2, 0.25) is 0 Å². The van der Waals surface area contributed by atoms with E-state index in [1.54, 1.807) is 12.1 Å². The SMILES string of the molecule is CCC[n+]1ccc(O)cc1. The first-order chi connectivity index (χ1) is 4.83. The van der Waals surface area contributed by atoms with E-state index in [-0.39, 0.29) is 0 Å². The minimum Gasteiger partial charge on any atom is -0.507 e. The normalized spacial score (nSPS) is 9.70. The van der Waals surface area contributed by atoms with Gasteiger partial charge in [-0.3, -0.25) is 0 Å². The topological polar surface area (TPSA) is 24.1 Å². The molecule has 0 aromatic carbocycles. The van der Waals surface area contributed by atoms with E-state index in [4.69, 9.17) is 5.11 Å². The van der Waals surface area contributed by atoms with Crippen LogP contribution < -0.4 is 4.57 Å². The summed E-state index contributed by atoms with van der Waals surface area (Å²) in [5, 5.41) is 8.91. The van der Waals surface area contributed by atoms with E-state index in [1.165, 1.54) is 0 Å². The highest BCUT2D eigenvalue weighted by Crippen LogP contribution is 2.00. The molecule has 2 nitrogen and oxygen atoms in total. The maximum Gasteiger partial charge on any atom is 0.172 e. The molecule has 0 bridgehead atoms. The molecule has 0 spiro atoms. The summed E-state index contributed by atoms with van der Waals surface area (Å²) >= 11 is 0. The monoisotopic (exact) mass is 138 g/mol. The molecular weight excluding hydrogens is 126 g/mol. The number of rotatable bonds is 2. The van der Waals surface area contributed by atoms with Crippen molar-refractivity contribution in [2.75, 3.05) is 0 Å². The van der Waals surface area contributed by atoms with Crippen LogP contribution in [0.2, 0.25) is 0 Å². The first-order valence-corrected chi connectivity index (χ1v) is 3.51. The summed E-state index contributed by atoms with van der Waals surface area (Å²) in [6.07, 6.45) is 4.87. The second-order valence-electron chi connectivity index (χ2n) is 2.29. The number of pyridine rings is 1. The van der Waals surface area contributed by atoms with Gasteiger partial charge in [-0.25, -0.2) is 4.57 Å². The van der Waals surface area contributed by atoms with E-state index in [0.29, 0.717) is 5.75 Å². The van der Waals surface area contributed by atoms with E-state index >= 15 is 0 Å². The maximum atomic E-state index is 8.91. The fourth-order valence-electron chi connectivity index (χ4n) is 0.857. The average Bonchev–Trinajstić information content (AvgIpc) is 1.95. The molecule has 1 rings (SSSR count). The summed E-state index contributed by atoms with van der Waals surface area (Å²) in [5.74, 6) is 0.326. The van der Waals surface area contributed by atoms with Gasteiger partial charge in [-0.05, 0) is 0 Å². The zero-order valence-corrected chi connectivity index (χ0v) is 6.12. The third-order valence-electron chi connectivity index (χ3n) is 1.36. The number of aryl methyl sites for hydroxylation is 1. The highest BCUT2D eigenvalue weighted by atomic mass is 16.3. The lowest BCUT2D eigenvalue weighted by Crippen LogP contribution is -2.31. The molecule has 0 unspecified atom stereocenters. The molecule has 0 saturated heterocycles. The van der Waals surface area contributed by atoms with Crippen molar-refractivity contribution in [3.8, 4) is 5.75 Å². The molecule has 0 aliphatic heterocycles. The Morgan fingerprint density at radius 3 is 2.50 bits per heavy atom. The average molecular weight is 138 g/mol. The van der Waals surface area contributed by atoms with Crippen molar-refractivity contribution >= 4 is 0 Å². The van der Waals surface area contributed by atoms with Crippen LogP contribution in [0.5, 0.6) is 5.75 Å². The zero-order chi connectivity index (χ0) is 7.40. The molecule has 0 radical (unpaired) electrons. The molecule has 0 aliphatic rings. The Kier molecular flexibility index (Phi) is 2.26. The minimum absolute atomic E-state index is 0.326. The fraction of sp³-hybridized carbons (Fsp3) is 0.375. The standard InChI is InChI=1S/C8H11NO/c1-2-5-9-6-3-8(10)4-7-9/h3-4,6-7H,2,5H2,1H3/p+1. The van der Waals surface area contributed by atoms with Crippen LogP contribution >= 0.6 is 0 Å². The van der Waals surface area contributed by atoms with Crippen molar-refractivity contribution < 1.29 is 9.67 Å². The lowest BCUT2D eigenvalue weighted by atomic mass is 10.4. The Labute approximate surface area is 60.8 Å². The predicted molar refractivity (Wildman–Crippen MR) is 38.6 cm³/mol. The van der Waals surface area contributed by atoms with Crippen molar-refractivity contribution in [2.45, 2.75) is 19.9 Å². The molecule has 0 aliphatic carbocycles. The predicted octanol–water partition coefficient (Wildman–Crippen LogP) is 1.09. The van der Waals surface area contributed by atoms with Crippen LogP contribution in [0.15, 0.2) is 24.5 Å². The smallest absolute Gasteiger partial charge is 0.172 e. The third kappa shape index (κ3) is 1.72. The van der Waals surface area contributed by atoms with Gasteiger partial charge in [0.25, 0.3) is 0 Å². The molecule has 1 heterocycles. The first kappa shape index (κ1) is 7.06. The summed E-state index contributed by atoms with van der Waals surface area (Å²) in [4.78, 5) is 0. The summed E-state index contributed by atoms with van der Waals surface area (Å²) in [7, 11) is 0. The summed E-state index contributed by atoms with van der Waals surface area (Å²) < 4.78 is 2.04. The van der Waals surface area contributed by atoms with Gasteiger partial charge in [-0.1, -0.05) is 6.92 Å². The molecule has 1 aromatic rings. The minimum atomic E-state index is 0.326. The first-order valence-electron chi connectivity index (χ1n) is 3.51. The number of aromatic nitrogens is 1. The van der Waals surface area contributed by atoms with E-state index < -0.39 is 0 Å². The van der Waals surface area contributed by atoms with Gasteiger partial charge in [0.15, 0.2) is 12.4 Å². The number of hydrogen-bond acceptors (Lipinski definition) is 1. The Morgan fingerprint density at radius 2 is 2.00 bits per heavy atom.